The minimum atomic E-state index is -1.10. The zero-order valence-electron chi connectivity index (χ0n) is 19.3. The second kappa shape index (κ2) is 9.69. The van der Waals surface area contributed by atoms with Crippen LogP contribution < -0.4 is 9.64 Å². The van der Waals surface area contributed by atoms with Gasteiger partial charge in [0.2, 0.25) is 0 Å². The molecule has 0 aliphatic carbocycles. The van der Waals surface area contributed by atoms with Crippen molar-refractivity contribution in [3.05, 3.63) is 120 Å². The number of aromatic nitrogens is 1. The van der Waals surface area contributed by atoms with Gasteiger partial charge in [-0.15, -0.1) is 0 Å². The van der Waals surface area contributed by atoms with Gasteiger partial charge in [0.05, 0.1) is 11.2 Å². The molecule has 0 radical (unpaired) electrons. The Kier molecular flexibility index (Phi) is 6.14. The number of rotatable bonds is 7. The highest BCUT2D eigenvalue weighted by atomic mass is 16.5. The van der Waals surface area contributed by atoms with E-state index in [1.165, 1.54) is 6.07 Å². The maximum Gasteiger partial charge on any atom is 0.354 e. The Labute approximate surface area is 203 Å². The van der Waals surface area contributed by atoms with E-state index in [4.69, 9.17) is 4.74 Å². The van der Waals surface area contributed by atoms with Crippen molar-refractivity contribution >= 4 is 28.2 Å². The average molecular weight is 461 g/mol. The number of fused-ring (bicyclic) bond motifs is 1. The van der Waals surface area contributed by atoms with E-state index in [0.717, 1.165) is 33.5 Å². The number of aromatic carboxylic acids is 1. The van der Waals surface area contributed by atoms with E-state index >= 15 is 0 Å². The second-order valence-corrected chi connectivity index (χ2v) is 8.20. The Bertz CT molecular complexity index is 1480. The first kappa shape index (κ1) is 22.2. The molecular weight excluding hydrogens is 436 g/mol. The molecule has 0 spiro atoms. The number of para-hydroxylation sites is 2. The Morgan fingerprint density at radius 3 is 2.23 bits per heavy atom. The van der Waals surface area contributed by atoms with E-state index in [2.05, 4.69) is 29.2 Å². The van der Waals surface area contributed by atoms with Gasteiger partial charge in [0.1, 0.15) is 12.4 Å². The van der Waals surface area contributed by atoms with Crippen LogP contribution in [0.3, 0.4) is 0 Å². The number of pyridine rings is 1. The van der Waals surface area contributed by atoms with Gasteiger partial charge >= 0.3 is 5.97 Å². The number of carbonyl (C=O) groups is 1. The van der Waals surface area contributed by atoms with Crippen LogP contribution in [0.25, 0.3) is 22.0 Å². The summed E-state index contributed by atoms with van der Waals surface area (Å²) >= 11 is 0. The normalized spacial score (nSPS) is 10.8. The largest absolute Gasteiger partial charge is 0.488 e. The molecule has 1 N–H and O–H groups in total. The third-order valence-corrected chi connectivity index (χ3v) is 5.95. The summed E-state index contributed by atoms with van der Waals surface area (Å²) in [4.78, 5) is 18.5. The van der Waals surface area contributed by atoms with Crippen LogP contribution in [0.2, 0.25) is 0 Å². The maximum absolute atomic E-state index is 11.9. The molecule has 5 nitrogen and oxygen atoms in total. The van der Waals surface area contributed by atoms with E-state index in [9.17, 15) is 9.90 Å². The summed E-state index contributed by atoms with van der Waals surface area (Å²) in [6.07, 6.45) is 0. The summed E-state index contributed by atoms with van der Waals surface area (Å²) in [6, 6.07) is 35.4. The van der Waals surface area contributed by atoms with Gasteiger partial charge in [0.15, 0.2) is 5.69 Å². The van der Waals surface area contributed by atoms with Crippen LogP contribution in [0.5, 0.6) is 5.75 Å². The minimum absolute atomic E-state index is 0.0576. The number of benzene rings is 4. The molecule has 5 heteroatoms. The lowest BCUT2D eigenvalue weighted by atomic mass is 10.0. The minimum Gasteiger partial charge on any atom is -0.488 e. The molecular formula is C30H24N2O3. The smallest absolute Gasteiger partial charge is 0.354 e. The molecule has 0 bridgehead atoms. The predicted octanol–water partition coefficient (Wildman–Crippen LogP) is 6.95. The van der Waals surface area contributed by atoms with Gasteiger partial charge in [0.25, 0.3) is 0 Å². The predicted molar refractivity (Wildman–Crippen MR) is 139 cm³/mol. The summed E-state index contributed by atoms with van der Waals surface area (Å²) in [5.74, 6) is -0.610. The molecule has 172 valence electrons. The molecule has 0 aliphatic heterocycles. The van der Waals surface area contributed by atoms with Crippen molar-refractivity contribution in [1.29, 1.82) is 0 Å². The molecule has 0 amide bonds. The fourth-order valence-electron chi connectivity index (χ4n) is 4.19. The van der Waals surface area contributed by atoms with Crippen LogP contribution in [-0.4, -0.2) is 23.1 Å². The standard InChI is InChI=1S/C30H24N2O3/c1-32(26-17-9-8-15-23(26)22-13-6-3-7-14-22)27-18-10-16-24-28(19-25(30(33)34)31-29(24)27)35-20-21-11-4-2-5-12-21/h2-19H,20H2,1H3,(H,33,34). The van der Waals surface area contributed by atoms with Gasteiger partial charge in [-0.25, -0.2) is 9.78 Å². The fraction of sp³-hybridized carbons (Fsp3) is 0.0667. The number of anilines is 2. The van der Waals surface area contributed by atoms with Crippen molar-refractivity contribution in [2.24, 2.45) is 0 Å². The molecule has 0 unspecified atom stereocenters. The molecule has 4 aromatic carbocycles. The van der Waals surface area contributed by atoms with Crippen LogP contribution in [0.4, 0.5) is 11.4 Å². The number of hydrogen-bond acceptors (Lipinski definition) is 4. The molecule has 5 rings (SSSR count). The molecule has 0 fully saturated rings. The first-order valence-corrected chi connectivity index (χ1v) is 11.3. The Morgan fingerprint density at radius 2 is 1.49 bits per heavy atom. The Balaban J connectivity index is 1.62. The van der Waals surface area contributed by atoms with E-state index < -0.39 is 5.97 Å². The topological polar surface area (TPSA) is 62.7 Å². The van der Waals surface area contributed by atoms with Crippen LogP contribution >= 0.6 is 0 Å². The fourth-order valence-corrected chi connectivity index (χ4v) is 4.19. The van der Waals surface area contributed by atoms with Gasteiger partial charge in [0, 0.05) is 29.8 Å². The number of hydrogen-bond donors (Lipinski definition) is 1. The van der Waals surface area contributed by atoms with Crippen molar-refractivity contribution in [3.8, 4) is 16.9 Å². The SMILES string of the molecule is CN(c1ccccc1-c1ccccc1)c1cccc2c(OCc3ccccc3)cc(C(=O)O)nc12. The van der Waals surface area contributed by atoms with Crippen molar-refractivity contribution in [3.63, 3.8) is 0 Å². The zero-order chi connectivity index (χ0) is 24.2. The van der Waals surface area contributed by atoms with E-state index in [1.807, 2.05) is 90.8 Å². The first-order chi connectivity index (χ1) is 17.1. The quantitative estimate of drug-likeness (QED) is 0.285. The first-order valence-electron chi connectivity index (χ1n) is 11.3. The summed E-state index contributed by atoms with van der Waals surface area (Å²) in [5.41, 5.74) is 5.46. The molecule has 1 aromatic heterocycles. The van der Waals surface area contributed by atoms with E-state index in [0.29, 0.717) is 17.9 Å². The average Bonchev–Trinajstić information content (AvgIpc) is 2.92. The van der Waals surface area contributed by atoms with Crippen molar-refractivity contribution in [2.75, 3.05) is 11.9 Å². The Morgan fingerprint density at radius 1 is 0.829 bits per heavy atom. The number of nitrogens with zero attached hydrogens (tertiary/aromatic N) is 2. The van der Waals surface area contributed by atoms with Gasteiger partial charge in [-0.05, 0) is 29.3 Å². The summed E-state index contributed by atoms with van der Waals surface area (Å²) in [6.45, 7) is 0.329. The van der Waals surface area contributed by atoms with Gasteiger partial charge < -0.3 is 14.7 Å². The second-order valence-electron chi connectivity index (χ2n) is 8.20. The maximum atomic E-state index is 11.9. The van der Waals surface area contributed by atoms with Crippen LogP contribution in [0.15, 0.2) is 109 Å². The summed E-state index contributed by atoms with van der Waals surface area (Å²) in [5, 5.41) is 10.5. The summed E-state index contributed by atoms with van der Waals surface area (Å²) in [7, 11) is 1.97. The monoisotopic (exact) mass is 460 g/mol. The molecule has 0 atom stereocenters. The zero-order valence-corrected chi connectivity index (χ0v) is 19.3. The van der Waals surface area contributed by atoms with E-state index in [1.54, 1.807) is 0 Å². The molecule has 5 aromatic rings. The van der Waals surface area contributed by atoms with Gasteiger partial charge in [-0.3, -0.25) is 0 Å². The number of carboxylic acid groups (broad SMARTS) is 1. The van der Waals surface area contributed by atoms with Crippen molar-refractivity contribution in [1.82, 2.24) is 4.98 Å². The highest BCUT2D eigenvalue weighted by Gasteiger charge is 2.18. The summed E-state index contributed by atoms with van der Waals surface area (Å²) < 4.78 is 6.11. The number of carboxylic acids is 1. The van der Waals surface area contributed by atoms with E-state index in [-0.39, 0.29) is 5.69 Å². The molecule has 1 heterocycles. The molecule has 35 heavy (non-hydrogen) atoms. The highest BCUT2D eigenvalue weighted by Crippen LogP contribution is 2.38. The van der Waals surface area contributed by atoms with Crippen LogP contribution in [0, 0.1) is 0 Å². The van der Waals surface area contributed by atoms with Gasteiger partial charge in [-0.1, -0.05) is 84.9 Å². The van der Waals surface area contributed by atoms with Crippen LogP contribution in [0.1, 0.15) is 16.1 Å². The van der Waals surface area contributed by atoms with Gasteiger partial charge in [-0.2, -0.15) is 0 Å². The molecule has 0 saturated carbocycles. The van der Waals surface area contributed by atoms with Crippen molar-refractivity contribution < 1.29 is 14.6 Å². The molecule has 0 saturated heterocycles. The Hall–Kier alpha value is -4.64. The third kappa shape index (κ3) is 4.57. The van der Waals surface area contributed by atoms with Crippen molar-refractivity contribution in [2.45, 2.75) is 6.61 Å². The lowest BCUT2D eigenvalue weighted by Crippen LogP contribution is -2.12. The highest BCUT2D eigenvalue weighted by molar-refractivity contribution is 6.00. The number of ether oxygens (including phenoxy) is 1. The lowest BCUT2D eigenvalue weighted by molar-refractivity contribution is 0.0690. The van der Waals surface area contributed by atoms with Crippen LogP contribution in [-0.2, 0) is 6.61 Å². The third-order valence-electron chi connectivity index (χ3n) is 5.95. The molecule has 0 aliphatic rings. The lowest BCUT2D eigenvalue weighted by Gasteiger charge is -2.24.